The van der Waals surface area contributed by atoms with Gasteiger partial charge in [0.1, 0.15) is 72.3 Å². The lowest BCUT2D eigenvalue weighted by atomic mass is 9.76. The van der Waals surface area contributed by atoms with E-state index in [1.165, 1.54) is 12.1 Å². The maximum Gasteiger partial charge on any atom is 0.311 e. The molecule has 3 saturated heterocycles. The molecule has 15 nitrogen and oxygen atoms in total. The lowest BCUT2D eigenvalue weighted by Crippen LogP contribution is -2.65. The fourth-order valence-corrected chi connectivity index (χ4v) is 9.57. The molecular formula is C45H52FNO14S. The summed E-state index contributed by atoms with van der Waals surface area (Å²) in [6, 6.07) is 27.1. The largest absolute Gasteiger partial charge is 0.394 e. The maximum absolute atomic E-state index is 14.1. The van der Waals surface area contributed by atoms with Crippen molar-refractivity contribution in [2.75, 3.05) is 23.9 Å². The molecule has 62 heavy (non-hydrogen) atoms. The number of para-hydroxylation sites is 1. The summed E-state index contributed by atoms with van der Waals surface area (Å²) >= 11 is 0. The molecule has 3 heterocycles. The first kappa shape index (κ1) is 45.6. The summed E-state index contributed by atoms with van der Waals surface area (Å²) in [4.78, 5) is 15.6. The summed E-state index contributed by atoms with van der Waals surface area (Å²) in [6.07, 6.45) is -16.3. The molecule has 0 aromatic heterocycles. The number of halogens is 1. The van der Waals surface area contributed by atoms with Gasteiger partial charge in [-0.25, -0.2) is 4.39 Å². The number of aliphatic hydroxyl groups is 7. The van der Waals surface area contributed by atoms with Gasteiger partial charge in [0.05, 0.1) is 25.2 Å². The maximum atomic E-state index is 14.1. The second kappa shape index (κ2) is 19.2. The predicted octanol–water partition coefficient (Wildman–Crippen LogP) is 2.46. The highest BCUT2D eigenvalue weighted by Crippen LogP contribution is 2.50. The highest BCUT2D eigenvalue weighted by molar-refractivity contribution is 7.87. The van der Waals surface area contributed by atoms with E-state index in [0.717, 1.165) is 16.7 Å². The molecule has 0 spiro atoms. The van der Waals surface area contributed by atoms with Gasteiger partial charge in [-0.15, -0.1) is 0 Å². The number of nitrogens with zero attached hydrogens (tertiary/aromatic N) is 1. The van der Waals surface area contributed by atoms with Gasteiger partial charge < -0.3 is 59.0 Å². The Morgan fingerprint density at radius 2 is 1.40 bits per heavy atom. The number of amides is 1. The van der Waals surface area contributed by atoms with Crippen molar-refractivity contribution in [3.63, 3.8) is 0 Å². The quantitative estimate of drug-likeness (QED) is 0.0672. The summed E-state index contributed by atoms with van der Waals surface area (Å²) in [5.41, 5.74) is 4.24. The number of hydrogen-bond donors (Lipinski definition) is 7. The number of rotatable bonds is 15. The number of carbonyl (C=O) groups is 1. The van der Waals surface area contributed by atoms with Crippen LogP contribution < -0.4 is 9.08 Å². The first-order chi connectivity index (χ1) is 29.6. The number of β-lactam (4-membered cyclic amide) rings is 1. The second-order valence-electron chi connectivity index (χ2n) is 16.2. The van der Waals surface area contributed by atoms with Gasteiger partial charge in [-0.3, -0.25) is 4.79 Å². The molecule has 0 bridgehead atoms. The van der Waals surface area contributed by atoms with Crippen LogP contribution in [0.2, 0.25) is 0 Å². The molecule has 4 aromatic carbocycles. The molecule has 4 aromatic rings. The number of hydrogen-bond acceptors (Lipinski definition) is 14. The van der Waals surface area contributed by atoms with Gasteiger partial charge in [-0.05, 0) is 72.7 Å². The Labute approximate surface area is 358 Å². The van der Waals surface area contributed by atoms with Crippen LogP contribution in [0.25, 0.3) is 11.1 Å². The van der Waals surface area contributed by atoms with Crippen LogP contribution in [0.1, 0.15) is 48.4 Å². The van der Waals surface area contributed by atoms with Crippen molar-refractivity contribution in [2.24, 2.45) is 5.92 Å². The lowest BCUT2D eigenvalue weighted by Gasteiger charge is -2.48. The van der Waals surface area contributed by atoms with E-state index in [-0.39, 0.29) is 23.4 Å². The molecule has 13 atom stereocenters. The molecule has 4 unspecified atom stereocenters. The van der Waals surface area contributed by atoms with Crippen LogP contribution in [0, 0.1) is 18.7 Å². The number of carbonyl (C=O) groups excluding carboxylic acids is 1. The van der Waals surface area contributed by atoms with E-state index in [1.807, 2.05) is 50.2 Å². The highest BCUT2D eigenvalue weighted by Gasteiger charge is 2.52. The van der Waals surface area contributed by atoms with Gasteiger partial charge in [0.25, 0.3) is 0 Å². The van der Waals surface area contributed by atoms with E-state index in [1.54, 1.807) is 53.4 Å². The zero-order valence-corrected chi connectivity index (χ0v) is 34.8. The average molecular weight is 882 g/mol. The molecule has 1 amide bonds. The van der Waals surface area contributed by atoms with Crippen LogP contribution >= 0.6 is 0 Å². The Kier molecular flexibility index (Phi) is 14.1. The van der Waals surface area contributed by atoms with E-state index in [2.05, 4.69) is 0 Å². The van der Waals surface area contributed by atoms with Crippen LogP contribution in [-0.4, -0.2) is 130 Å². The monoisotopic (exact) mass is 881 g/mol. The molecule has 334 valence electrons. The molecule has 17 heteroatoms. The number of aliphatic hydroxyl groups excluding tert-OH is 7. The Hall–Kier alpha value is -4.37. The van der Waals surface area contributed by atoms with Gasteiger partial charge in [0.15, 0.2) is 6.29 Å². The van der Waals surface area contributed by atoms with E-state index in [0.29, 0.717) is 29.7 Å². The average Bonchev–Trinajstić information content (AvgIpc) is 3.26. The predicted molar refractivity (Wildman–Crippen MR) is 222 cm³/mol. The summed E-state index contributed by atoms with van der Waals surface area (Å²) in [6.45, 7) is 2.29. The number of anilines is 1. The molecule has 0 radical (unpaired) electrons. The summed E-state index contributed by atoms with van der Waals surface area (Å²) in [5.74, 6) is -2.27. The highest BCUT2D eigenvalue weighted by atomic mass is 32.2. The molecule has 3 aliphatic heterocycles. The Balaban J connectivity index is 1.17. The fourth-order valence-electron chi connectivity index (χ4n) is 8.40. The molecule has 0 aliphatic carbocycles. The van der Waals surface area contributed by atoms with Crippen LogP contribution in [0.4, 0.5) is 10.1 Å². The molecular weight excluding hydrogens is 830 g/mol. The van der Waals surface area contributed by atoms with Crippen LogP contribution in [0.5, 0.6) is 5.75 Å². The van der Waals surface area contributed by atoms with E-state index < -0.39 is 102 Å². The van der Waals surface area contributed by atoms with E-state index in [9.17, 15) is 53.3 Å². The summed E-state index contributed by atoms with van der Waals surface area (Å²) < 4.78 is 64.7. The fraction of sp³-hybridized carbons (Fsp3) is 0.444. The van der Waals surface area contributed by atoms with Gasteiger partial charge in [-0.2, -0.15) is 8.42 Å². The lowest BCUT2D eigenvalue weighted by molar-refractivity contribution is -0.341. The second-order valence-corrected chi connectivity index (χ2v) is 17.8. The van der Waals surface area contributed by atoms with Gasteiger partial charge >= 0.3 is 10.1 Å². The van der Waals surface area contributed by atoms with Gasteiger partial charge in [0.2, 0.25) is 5.91 Å². The third kappa shape index (κ3) is 9.58. The molecule has 7 rings (SSSR count). The first-order valence-corrected chi connectivity index (χ1v) is 22.0. The van der Waals surface area contributed by atoms with Crippen molar-refractivity contribution in [3.8, 4) is 16.9 Å². The summed E-state index contributed by atoms with van der Waals surface area (Å²) in [5, 5.41) is 73.1. The number of aryl methyl sites for hydroxylation is 1. The number of ether oxygens (including phenoxy) is 3. The van der Waals surface area contributed by atoms with E-state index >= 15 is 0 Å². The Morgan fingerprint density at radius 1 is 0.758 bits per heavy atom. The van der Waals surface area contributed by atoms with Crippen LogP contribution in [0.15, 0.2) is 97.1 Å². The zero-order chi connectivity index (χ0) is 44.5. The van der Waals surface area contributed by atoms with Crippen LogP contribution in [-0.2, 0) is 29.1 Å². The molecule has 3 fully saturated rings. The third-order valence-electron chi connectivity index (χ3n) is 12.0. The minimum atomic E-state index is -4.73. The normalized spacial score (nSPS) is 30.7. The Morgan fingerprint density at radius 3 is 2.06 bits per heavy atom. The minimum absolute atomic E-state index is 0.0305. The van der Waals surface area contributed by atoms with E-state index in [4.69, 9.17) is 18.4 Å². The van der Waals surface area contributed by atoms with Gasteiger partial charge in [0, 0.05) is 11.3 Å². The van der Waals surface area contributed by atoms with Crippen molar-refractivity contribution < 1.29 is 71.7 Å². The van der Waals surface area contributed by atoms with Crippen LogP contribution in [0.3, 0.4) is 0 Å². The standard InChI is InChI=1S/C45H52FNO14S/c1-24-8-11-27(12-9-24)28-15-19-31(37-32(44(55)47(37)30-6-4-3-5-7-30)18-10-25(2)26-13-16-29(46)17-14-26)33(20-28)61-62(56,57)23-36-39(51)41(53)43(35(22-49)58-36)60-45-42(54)40(52)38(50)34(21-48)59-45/h3-9,11-17,19-20,25,32,34-43,45,48-54H,10,18,21-23H2,1-2H3/t25-,32+,34?,35?,36-,37+,38+,39?,40-,41+,42?,43+,45-/m0/s1. The Bertz CT molecular complexity index is 2250. The summed E-state index contributed by atoms with van der Waals surface area (Å²) in [7, 11) is -4.73. The number of benzene rings is 4. The van der Waals surface area contributed by atoms with Crippen molar-refractivity contribution >= 4 is 21.7 Å². The first-order valence-electron chi connectivity index (χ1n) is 20.5. The van der Waals surface area contributed by atoms with Gasteiger partial charge in [-0.1, -0.05) is 79.2 Å². The molecule has 0 saturated carbocycles. The molecule has 7 N–H and O–H groups in total. The topological polar surface area (TPSA) is 233 Å². The zero-order valence-electron chi connectivity index (χ0n) is 34.0. The molecule has 3 aliphatic rings. The van der Waals surface area contributed by atoms with Crippen molar-refractivity contribution in [2.45, 2.75) is 99.9 Å². The van der Waals surface area contributed by atoms with Crippen molar-refractivity contribution in [3.05, 3.63) is 120 Å². The minimum Gasteiger partial charge on any atom is -0.394 e. The SMILES string of the molecule is Cc1ccc(-c2ccc([C@@H]3[C@@H](CC[C@H](C)c4ccc(F)cc4)C(=O)N3c3ccccc3)c(OS(=O)(=O)C[C@@H]3OC(CO)[C@@H](O[C@@H]4OC(CO)[C@@H](O)[C@H](O)C4O)[C@H](O)C3O)c2)cc1. The smallest absolute Gasteiger partial charge is 0.311 e. The third-order valence-corrected chi connectivity index (χ3v) is 13.2. The van der Waals surface area contributed by atoms with Crippen molar-refractivity contribution in [1.29, 1.82) is 0 Å². The van der Waals surface area contributed by atoms with Crippen molar-refractivity contribution in [1.82, 2.24) is 0 Å².